The van der Waals surface area contributed by atoms with Crippen LogP contribution >= 0.6 is 0 Å². The van der Waals surface area contributed by atoms with Crippen molar-refractivity contribution in [3.05, 3.63) is 63.7 Å². The summed E-state index contributed by atoms with van der Waals surface area (Å²) in [7, 11) is 0. The molecule has 1 aliphatic carbocycles. The SMILES string of the molecule is O=C(Nc1ccc(CCO)cc1)c1ccc(NC2CC2)c([N+](=O)[O-])c1. The standard InChI is InChI=1S/C18H19N3O4/c22-10-9-12-1-4-15(5-2-12)20-18(23)13-3-8-16(19-14-6-7-14)17(11-13)21(24)25/h1-5,8,11,14,19,22H,6-7,9-10H2,(H,20,23). The number of carbonyl (C=O) groups is 1. The molecule has 1 saturated carbocycles. The molecule has 0 saturated heterocycles. The number of nitro groups is 1. The van der Waals surface area contributed by atoms with E-state index in [9.17, 15) is 14.9 Å². The molecule has 0 aromatic heterocycles. The topological polar surface area (TPSA) is 104 Å². The summed E-state index contributed by atoms with van der Waals surface area (Å²) in [6.45, 7) is 0.0661. The van der Waals surface area contributed by atoms with Crippen molar-refractivity contribution in [2.24, 2.45) is 0 Å². The summed E-state index contributed by atoms with van der Waals surface area (Å²) in [6.07, 6.45) is 2.56. The van der Waals surface area contributed by atoms with E-state index in [0.29, 0.717) is 17.8 Å². The second-order valence-corrected chi connectivity index (χ2v) is 6.03. The largest absolute Gasteiger partial charge is 0.396 e. The van der Waals surface area contributed by atoms with Crippen LogP contribution in [0.1, 0.15) is 28.8 Å². The van der Waals surface area contributed by atoms with E-state index in [-0.39, 0.29) is 23.9 Å². The molecule has 130 valence electrons. The van der Waals surface area contributed by atoms with E-state index >= 15 is 0 Å². The minimum Gasteiger partial charge on any atom is -0.396 e. The molecular weight excluding hydrogens is 322 g/mol. The van der Waals surface area contributed by atoms with Gasteiger partial charge in [0.25, 0.3) is 11.6 Å². The van der Waals surface area contributed by atoms with Gasteiger partial charge in [-0.1, -0.05) is 12.1 Å². The van der Waals surface area contributed by atoms with E-state index in [0.717, 1.165) is 18.4 Å². The number of anilines is 2. The van der Waals surface area contributed by atoms with Crippen molar-refractivity contribution in [2.45, 2.75) is 25.3 Å². The number of carbonyl (C=O) groups excluding carboxylic acids is 1. The molecule has 0 spiro atoms. The molecule has 0 heterocycles. The minimum atomic E-state index is -0.481. The zero-order chi connectivity index (χ0) is 17.8. The first kappa shape index (κ1) is 16.9. The Bertz CT molecular complexity index is 785. The number of benzene rings is 2. The quantitative estimate of drug-likeness (QED) is 0.530. The molecule has 2 aromatic carbocycles. The van der Waals surface area contributed by atoms with Crippen LogP contribution in [0.4, 0.5) is 17.1 Å². The van der Waals surface area contributed by atoms with Crippen LogP contribution in [0.2, 0.25) is 0 Å². The predicted molar refractivity (Wildman–Crippen MR) is 94.9 cm³/mol. The van der Waals surface area contributed by atoms with E-state index in [1.165, 1.54) is 6.07 Å². The average Bonchev–Trinajstić information content (AvgIpc) is 3.41. The number of aliphatic hydroxyl groups is 1. The third-order valence-corrected chi connectivity index (χ3v) is 4.01. The Morgan fingerprint density at radius 3 is 2.52 bits per heavy atom. The highest BCUT2D eigenvalue weighted by Crippen LogP contribution is 2.31. The smallest absolute Gasteiger partial charge is 0.293 e. The Balaban J connectivity index is 1.74. The van der Waals surface area contributed by atoms with E-state index in [1.54, 1.807) is 24.3 Å². The zero-order valence-electron chi connectivity index (χ0n) is 13.6. The van der Waals surface area contributed by atoms with Crippen molar-refractivity contribution in [1.29, 1.82) is 0 Å². The van der Waals surface area contributed by atoms with Gasteiger partial charge in [-0.2, -0.15) is 0 Å². The molecule has 0 bridgehead atoms. The number of amides is 1. The predicted octanol–water partition coefficient (Wildman–Crippen LogP) is 2.96. The van der Waals surface area contributed by atoms with Crippen molar-refractivity contribution in [1.82, 2.24) is 0 Å². The Kier molecular flexibility index (Phi) is 4.95. The normalized spacial score (nSPS) is 13.3. The van der Waals surface area contributed by atoms with Crippen molar-refractivity contribution >= 4 is 23.0 Å². The number of aliphatic hydroxyl groups excluding tert-OH is 1. The number of nitro benzene ring substituents is 1. The third-order valence-electron chi connectivity index (χ3n) is 4.01. The number of nitrogens with zero attached hydrogens (tertiary/aromatic N) is 1. The van der Waals surface area contributed by atoms with Gasteiger partial charge >= 0.3 is 0 Å². The summed E-state index contributed by atoms with van der Waals surface area (Å²) < 4.78 is 0. The van der Waals surface area contributed by atoms with Gasteiger partial charge in [0.05, 0.1) is 4.92 Å². The van der Waals surface area contributed by atoms with Crippen molar-refractivity contribution < 1.29 is 14.8 Å². The lowest BCUT2D eigenvalue weighted by Gasteiger charge is -2.09. The summed E-state index contributed by atoms with van der Waals surface area (Å²) in [6, 6.07) is 11.8. The molecular formula is C18H19N3O4. The fourth-order valence-electron chi connectivity index (χ4n) is 2.48. The monoisotopic (exact) mass is 341 g/mol. The maximum Gasteiger partial charge on any atom is 0.293 e. The highest BCUT2D eigenvalue weighted by molar-refractivity contribution is 6.05. The molecule has 1 aliphatic rings. The molecule has 7 nitrogen and oxygen atoms in total. The van der Waals surface area contributed by atoms with Crippen LogP contribution in [0.5, 0.6) is 0 Å². The maximum atomic E-state index is 12.4. The van der Waals surface area contributed by atoms with Crippen molar-refractivity contribution in [3.8, 4) is 0 Å². The Morgan fingerprint density at radius 2 is 1.92 bits per heavy atom. The first-order chi connectivity index (χ1) is 12.1. The number of hydrogen-bond acceptors (Lipinski definition) is 5. The molecule has 0 radical (unpaired) electrons. The molecule has 0 aliphatic heterocycles. The van der Waals surface area contributed by atoms with Crippen molar-refractivity contribution in [3.63, 3.8) is 0 Å². The molecule has 0 atom stereocenters. The van der Waals surface area contributed by atoms with Crippen LogP contribution in [-0.2, 0) is 6.42 Å². The van der Waals surface area contributed by atoms with Gasteiger partial charge in [0.2, 0.25) is 0 Å². The van der Waals surface area contributed by atoms with E-state index in [1.807, 2.05) is 12.1 Å². The van der Waals surface area contributed by atoms with Gasteiger partial charge < -0.3 is 15.7 Å². The average molecular weight is 341 g/mol. The van der Waals surface area contributed by atoms with Crippen LogP contribution < -0.4 is 10.6 Å². The first-order valence-electron chi connectivity index (χ1n) is 8.13. The minimum absolute atomic E-state index is 0.0661. The van der Waals surface area contributed by atoms with Gasteiger partial charge in [0, 0.05) is 30.0 Å². The Labute approximate surface area is 144 Å². The highest BCUT2D eigenvalue weighted by atomic mass is 16.6. The van der Waals surface area contributed by atoms with Crippen LogP contribution in [0.15, 0.2) is 42.5 Å². The highest BCUT2D eigenvalue weighted by Gasteiger charge is 2.25. The van der Waals surface area contributed by atoms with E-state index in [4.69, 9.17) is 5.11 Å². The fraction of sp³-hybridized carbons (Fsp3) is 0.278. The summed E-state index contributed by atoms with van der Waals surface area (Å²) in [5.74, 6) is -0.406. The van der Waals surface area contributed by atoms with Crippen molar-refractivity contribution in [2.75, 3.05) is 17.2 Å². The summed E-state index contributed by atoms with van der Waals surface area (Å²) in [5, 5.41) is 26.0. The summed E-state index contributed by atoms with van der Waals surface area (Å²) >= 11 is 0. The Morgan fingerprint density at radius 1 is 1.20 bits per heavy atom. The Hall–Kier alpha value is -2.93. The second-order valence-electron chi connectivity index (χ2n) is 6.03. The fourth-order valence-corrected chi connectivity index (χ4v) is 2.48. The van der Waals surface area contributed by atoms with Gasteiger partial charge in [-0.25, -0.2) is 0 Å². The second kappa shape index (κ2) is 7.31. The summed E-state index contributed by atoms with van der Waals surface area (Å²) in [4.78, 5) is 23.1. The van der Waals surface area contributed by atoms with Gasteiger partial charge in [-0.3, -0.25) is 14.9 Å². The van der Waals surface area contributed by atoms with Gasteiger partial charge in [0.1, 0.15) is 5.69 Å². The molecule has 7 heteroatoms. The lowest BCUT2D eigenvalue weighted by Crippen LogP contribution is -2.13. The van der Waals surface area contributed by atoms with Crippen LogP contribution in [0, 0.1) is 10.1 Å². The first-order valence-corrected chi connectivity index (χ1v) is 8.13. The molecule has 25 heavy (non-hydrogen) atoms. The van der Waals surface area contributed by atoms with Gasteiger partial charge in [-0.05, 0) is 49.1 Å². The molecule has 3 rings (SSSR count). The van der Waals surface area contributed by atoms with E-state index in [2.05, 4.69) is 10.6 Å². The summed E-state index contributed by atoms with van der Waals surface area (Å²) in [5.41, 5.74) is 2.13. The lowest BCUT2D eigenvalue weighted by atomic mass is 10.1. The van der Waals surface area contributed by atoms with Crippen LogP contribution in [-0.4, -0.2) is 28.6 Å². The zero-order valence-corrected chi connectivity index (χ0v) is 13.6. The molecule has 2 aromatic rings. The lowest BCUT2D eigenvalue weighted by molar-refractivity contribution is -0.384. The molecule has 1 amide bonds. The third kappa shape index (κ3) is 4.33. The number of nitrogens with one attached hydrogen (secondary N) is 2. The van der Waals surface area contributed by atoms with Gasteiger partial charge in [-0.15, -0.1) is 0 Å². The number of rotatable bonds is 7. The van der Waals surface area contributed by atoms with Crippen LogP contribution in [0.25, 0.3) is 0 Å². The molecule has 0 unspecified atom stereocenters. The van der Waals surface area contributed by atoms with Gasteiger partial charge in [0.15, 0.2) is 0 Å². The van der Waals surface area contributed by atoms with Crippen LogP contribution in [0.3, 0.4) is 0 Å². The maximum absolute atomic E-state index is 12.4. The molecule has 3 N–H and O–H groups in total. The number of hydrogen-bond donors (Lipinski definition) is 3. The van der Waals surface area contributed by atoms with E-state index < -0.39 is 10.8 Å². The molecule has 1 fully saturated rings.